The molecule has 0 saturated carbocycles. The number of hydrogen-bond acceptors (Lipinski definition) is 5. The summed E-state index contributed by atoms with van der Waals surface area (Å²) in [7, 11) is 0. The Morgan fingerprint density at radius 1 is 1.29 bits per heavy atom. The molecule has 6 nitrogen and oxygen atoms in total. The molecule has 1 fully saturated rings. The minimum Gasteiger partial charge on any atom is -0.339 e. The summed E-state index contributed by atoms with van der Waals surface area (Å²) in [5.74, 6) is 0.988. The number of rotatable bonds is 6. The van der Waals surface area contributed by atoms with Crippen molar-refractivity contribution in [3.8, 4) is 0 Å². The van der Waals surface area contributed by atoms with Gasteiger partial charge in [0, 0.05) is 57.6 Å². The Morgan fingerprint density at radius 3 is 2.57 bits per heavy atom. The van der Waals surface area contributed by atoms with Crippen molar-refractivity contribution < 1.29 is 4.79 Å². The molecule has 116 valence electrons. The van der Waals surface area contributed by atoms with Crippen molar-refractivity contribution in [3.63, 3.8) is 0 Å². The summed E-state index contributed by atoms with van der Waals surface area (Å²) in [6.45, 7) is 8.15. The summed E-state index contributed by atoms with van der Waals surface area (Å²) in [6.07, 6.45) is 5.16. The van der Waals surface area contributed by atoms with Gasteiger partial charge in [-0.25, -0.2) is 9.97 Å². The van der Waals surface area contributed by atoms with E-state index >= 15 is 0 Å². The van der Waals surface area contributed by atoms with E-state index < -0.39 is 0 Å². The Labute approximate surface area is 126 Å². The summed E-state index contributed by atoms with van der Waals surface area (Å²) in [4.78, 5) is 24.7. The number of aromatic nitrogens is 2. The fourth-order valence-corrected chi connectivity index (χ4v) is 2.34. The molecule has 1 aromatic rings. The van der Waals surface area contributed by atoms with E-state index in [1.165, 1.54) is 0 Å². The second-order valence-electron chi connectivity index (χ2n) is 5.43. The van der Waals surface area contributed by atoms with Crippen LogP contribution in [0.15, 0.2) is 18.5 Å². The number of piperazine rings is 1. The van der Waals surface area contributed by atoms with Crippen LogP contribution >= 0.6 is 0 Å². The van der Waals surface area contributed by atoms with Gasteiger partial charge in [-0.15, -0.1) is 0 Å². The highest BCUT2D eigenvalue weighted by molar-refractivity contribution is 5.76. The molecular formula is C15H25N5O. The fraction of sp³-hybridized carbons (Fsp3) is 0.667. The van der Waals surface area contributed by atoms with Crippen LogP contribution in [-0.4, -0.2) is 59.5 Å². The number of hydrogen-bond donors (Lipinski definition) is 1. The molecule has 1 atom stereocenters. The molecule has 2 rings (SSSR count). The van der Waals surface area contributed by atoms with Crippen LogP contribution < -0.4 is 10.2 Å². The molecule has 1 saturated heterocycles. The minimum absolute atomic E-state index is 0.236. The zero-order valence-electron chi connectivity index (χ0n) is 13.0. The van der Waals surface area contributed by atoms with Crippen LogP contribution in [0, 0.1) is 0 Å². The number of carbonyl (C=O) groups is 1. The highest BCUT2D eigenvalue weighted by Gasteiger charge is 2.21. The zero-order valence-corrected chi connectivity index (χ0v) is 13.0. The monoisotopic (exact) mass is 291 g/mol. The van der Waals surface area contributed by atoms with Crippen LogP contribution in [-0.2, 0) is 4.79 Å². The Kier molecular flexibility index (Phi) is 5.92. The highest BCUT2D eigenvalue weighted by atomic mass is 16.2. The SMILES string of the molecule is CCC(C)NCCC(=O)N1CCN(c2ncccn2)CC1. The van der Waals surface area contributed by atoms with Gasteiger partial charge in [-0.05, 0) is 19.4 Å². The molecule has 1 aliphatic heterocycles. The van der Waals surface area contributed by atoms with Crippen molar-refractivity contribution in [1.29, 1.82) is 0 Å². The molecule has 0 aromatic carbocycles. The molecule has 1 aromatic heterocycles. The van der Waals surface area contributed by atoms with E-state index in [9.17, 15) is 4.79 Å². The predicted molar refractivity (Wildman–Crippen MR) is 83.2 cm³/mol. The molecule has 0 aliphatic carbocycles. The van der Waals surface area contributed by atoms with Gasteiger partial charge in [-0.3, -0.25) is 4.79 Å². The third kappa shape index (κ3) is 4.67. The van der Waals surface area contributed by atoms with E-state index in [1.54, 1.807) is 12.4 Å². The first kappa shape index (κ1) is 15.7. The van der Waals surface area contributed by atoms with Gasteiger partial charge in [0.05, 0.1) is 0 Å². The zero-order chi connectivity index (χ0) is 15.1. The van der Waals surface area contributed by atoms with Gasteiger partial charge in [0.25, 0.3) is 0 Å². The Morgan fingerprint density at radius 2 is 1.95 bits per heavy atom. The molecule has 1 aliphatic rings. The first-order chi connectivity index (χ1) is 10.2. The highest BCUT2D eigenvalue weighted by Crippen LogP contribution is 2.10. The van der Waals surface area contributed by atoms with Crippen molar-refractivity contribution in [2.24, 2.45) is 0 Å². The van der Waals surface area contributed by atoms with Crippen LogP contribution in [0.1, 0.15) is 26.7 Å². The lowest BCUT2D eigenvalue weighted by molar-refractivity contribution is -0.131. The Balaban J connectivity index is 1.72. The summed E-state index contributed by atoms with van der Waals surface area (Å²) in [5.41, 5.74) is 0. The smallest absolute Gasteiger partial charge is 0.225 e. The number of nitrogens with zero attached hydrogens (tertiary/aromatic N) is 4. The summed E-state index contributed by atoms with van der Waals surface area (Å²) in [5, 5.41) is 3.36. The number of amides is 1. The van der Waals surface area contributed by atoms with Crippen LogP contribution in [0.2, 0.25) is 0 Å². The van der Waals surface area contributed by atoms with Gasteiger partial charge >= 0.3 is 0 Å². The van der Waals surface area contributed by atoms with Crippen LogP contribution in [0.5, 0.6) is 0 Å². The van der Waals surface area contributed by atoms with Gasteiger partial charge in [-0.2, -0.15) is 0 Å². The first-order valence-corrected chi connectivity index (χ1v) is 7.74. The van der Waals surface area contributed by atoms with Crippen LogP contribution in [0.4, 0.5) is 5.95 Å². The molecule has 2 heterocycles. The van der Waals surface area contributed by atoms with E-state index in [-0.39, 0.29) is 5.91 Å². The number of carbonyl (C=O) groups excluding carboxylic acids is 1. The van der Waals surface area contributed by atoms with Crippen molar-refractivity contribution in [3.05, 3.63) is 18.5 Å². The Hall–Kier alpha value is -1.69. The second-order valence-corrected chi connectivity index (χ2v) is 5.43. The maximum atomic E-state index is 12.1. The maximum Gasteiger partial charge on any atom is 0.225 e. The van der Waals surface area contributed by atoms with E-state index in [0.29, 0.717) is 12.5 Å². The third-order valence-electron chi connectivity index (χ3n) is 3.91. The van der Waals surface area contributed by atoms with Crippen LogP contribution in [0.25, 0.3) is 0 Å². The lowest BCUT2D eigenvalue weighted by Crippen LogP contribution is -2.49. The first-order valence-electron chi connectivity index (χ1n) is 7.74. The van der Waals surface area contributed by atoms with Crippen molar-refractivity contribution in [1.82, 2.24) is 20.2 Å². The predicted octanol–water partition coefficient (Wildman–Crippen LogP) is 0.903. The summed E-state index contributed by atoms with van der Waals surface area (Å²) >= 11 is 0. The molecule has 21 heavy (non-hydrogen) atoms. The molecule has 1 unspecified atom stereocenters. The third-order valence-corrected chi connectivity index (χ3v) is 3.91. The number of anilines is 1. The van der Waals surface area contributed by atoms with Gasteiger partial charge < -0.3 is 15.1 Å². The molecule has 1 N–H and O–H groups in total. The van der Waals surface area contributed by atoms with E-state index in [2.05, 4.69) is 34.0 Å². The van der Waals surface area contributed by atoms with Crippen LogP contribution in [0.3, 0.4) is 0 Å². The molecule has 0 bridgehead atoms. The van der Waals surface area contributed by atoms with Gasteiger partial charge in [0.2, 0.25) is 11.9 Å². The van der Waals surface area contributed by atoms with Crippen molar-refractivity contribution in [2.45, 2.75) is 32.7 Å². The van der Waals surface area contributed by atoms with E-state index in [0.717, 1.165) is 45.1 Å². The normalized spacial score (nSPS) is 16.9. The molecule has 6 heteroatoms. The summed E-state index contributed by atoms with van der Waals surface area (Å²) in [6, 6.07) is 2.29. The quantitative estimate of drug-likeness (QED) is 0.844. The van der Waals surface area contributed by atoms with Crippen molar-refractivity contribution >= 4 is 11.9 Å². The standard InChI is InChI=1S/C15H25N5O/c1-3-13(2)16-8-5-14(21)19-9-11-20(12-10-19)15-17-6-4-7-18-15/h4,6-7,13,16H,3,5,8-12H2,1-2H3. The molecular weight excluding hydrogens is 266 g/mol. The largest absolute Gasteiger partial charge is 0.339 e. The average Bonchev–Trinajstić information content (AvgIpc) is 2.55. The average molecular weight is 291 g/mol. The van der Waals surface area contributed by atoms with E-state index in [4.69, 9.17) is 0 Å². The van der Waals surface area contributed by atoms with Crippen molar-refractivity contribution in [2.75, 3.05) is 37.6 Å². The fourth-order valence-electron chi connectivity index (χ4n) is 2.34. The number of nitrogens with one attached hydrogen (secondary N) is 1. The minimum atomic E-state index is 0.236. The second kappa shape index (κ2) is 7.93. The topological polar surface area (TPSA) is 61.4 Å². The maximum absolute atomic E-state index is 12.1. The molecule has 0 spiro atoms. The van der Waals surface area contributed by atoms with E-state index in [1.807, 2.05) is 11.0 Å². The Bertz CT molecular complexity index is 431. The molecule has 1 amide bonds. The summed E-state index contributed by atoms with van der Waals surface area (Å²) < 4.78 is 0. The van der Waals surface area contributed by atoms with Gasteiger partial charge in [0.1, 0.15) is 0 Å². The lowest BCUT2D eigenvalue weighted by atomic mass is 10.2. The van der Waals surface area contributed by atoms with Gasteiger partial charge in [0.15, 0.2) is 0 Å². The lowest BCUT2D eigenvalue weighted by Gasteiger charge is -2.34. The molecule has 0 radical (unpaired) electrons. The van der Waals surface area contributed by atoms with Gasteiger partial charge in [-0.1, -0.05) is 6.92 Å².